The molecule has 0 radical (unpaired) electrons. The lowest BCUT2D eigenvalue weighted by atomic mass is 9.92. The highest BCUT2D eigenvalue weighted by molar-refractivity contribution is 5.87. The number of amides is 4. The second-order valence-electron chi connectivity index (χ2n) is 13.3. The maximum absolute atomic E-state index is 13.1. The van der Waals surface area contributed by atoms with Gasteiger partial charge >= 0.3 is 6.09 Å². The number of fused-ring (bicyclic) bond motifs is 5. The summed E-state index contributed by atoms with van der Waals surface area (Å²) in [5.74, 6) is 1.79. The Kier molecular flexibility index (Phi) is 8.86. The minimum Gasteiger partial charge on any atom is -0.488 e. The molecule has 0 unspecified atom stereocenters. The molecule has 4 heterocycles. The van der Waals surface area contributed by atoms with E-state index < -0.39 is 6.09 Å². The summed E-state index contributed by atoms with van der Waals surface area (Å²) in [6, 6.07) is 18.3. The van der Waals surface area contributed by atoms with E-state index in [0.29, 0.717) is 37.8 Å². The van der Waals surface area contributed by atoms with Crippen LogP contribution in [0.1, 0.15) is 43.0 Å². The van der Waals surface area contributed by atoms with Crippen LogP contribution in [-0.2, 0) is 32.3 Å². The number of nitrogens with zero attached hydrogens (tertiary/aromatic N) is 4. The van der Waals surface area contributed by atoms with Crippen LogP contribution in [0.4, 0.5) is 4.79 Å². The molecule has 0 spiro atoms. The zero-order valence-corrected chi connectivity index (χ0v) is 29.3. The molecule has 14 heteroatoms. The summed E-state index contributed by atoms with van der Waals surface area (Å²) in [5.41, 5.74) is 9.82. The van der Waals surface area contributed by atoms with Crippen LogP contribution in [0.3, 0.4) is 0 Å². The predicted octanol–water partition coefficient (Wildman–Crippen LogP) is 4.60. The number of nitrogens with one attached hydrogen (secondary N) is 4. The van der Waals surface area contributed by atoms with E-state index in [1.54, 1.807) is 16.0 Å². The van der Waals surface area contributed by atoms with Gasteiger partial charge in [0.2, 0.25) is 18.2 Å². The first-order chi connectivity index (χ1) is 25.8. The summed E-state index contributed by atoms with van der Waals surface area (Å²) >= 11 is 0. The predicted molar refractivity (Wildman–Crippen MR) is 195 cm³/mol. The van der Waals surface area contributed by atoms with E-state index in [2.05, 4.69) is 78.9 Å². The first-order valence-electron chi connectivity index (χ1n) is 17.6. The molecule has 4 amide bonds. The van der Waals surface area contributed by atoms with Crippen molar-refractivity contribution in [3.63, 3.8) is 0 Å². The van der Waals surface area contributed by atoms with Crippen LogP contribution >= 0.6 is 0 Å². The van der Waals surface area contributed by atoms with Crippen LogP contribution in [-0.4, -0.2) is 86.8 Å². The van der Waals surface area contributed by atoms with Crippen LogP contribution < -0.4 is 15.4 Å². The van der Waals surface area contributed by atoms with Gasteiger partial charge in [-0.25, -0.2) is 14.8 Å². The van der Waals surface area contributed by atoms with E-state index in [0.717, 1.165) is 68.7 Å². The van der Waals surface area contributed by atoms with Crippen molar-refractivity contribution in [1.82, 2.24) is 40.4 Å². The van der Waals surface area contributed by atoms with Gasteiger partial charge in [0.25, 0.3) is 0 Å². The lowest BCUT2D eigenvalue weighted by Gasteiger charge is -2.25. The molecule has 5 aromatic rings. The molecule has 3 aromatic carbocycles. The quantitative estimate of drug-likeness (QED) is 0.107. The molecular weight excluding hydrogens is 676 g/mol. The van der Waals surface area contributed by atoms with Crippen LogP contribution in [0, 0.1) is 0 Å². The molecule has 8 rings (SSSR count). The number of carbonyl (C=O) groups excluding carboxylic acids is 4. The van der Waals surface area contributed by atoms with Gasteiger partial charge < -0.3 is 39.9 Å². The largest absolute Gasteiger partial charge is 0.488 e. The molecule has 53 heavy (non-hydrogen) atoms. The second-order valence-corrected chi connectivity index (χ2v) is 13.3. The first kappa shape index (κ1) is 33.7. The van der Waals surface area contributed by atoms with E-state index in [1.165, 1.54) is 12.7 Å². The highest BCUT2D eigenvalue weighted by atomic mass is 16.5. The smallest absolute Gasteiger partial charge is 0.407 e. The number of methoxy groups -OCH3 is 1. The molecule has 2 aliphatic heterocycles. The number of rotatable bonds is 12. The molecule has 270 valence electrons. The van der Waals surface area contributed by atoms with Crippen molar-refractivity contribution in [2.75, 3.05) is 26.7 Å². The van der Waals surface area contributed by atoms with E-state index in [-0.39, 0.29) is 37.0 Å². The number of benzene rings is 3. The SMILES string of the molecule is CCCN(Cc1ncc(-c2ccc3c(c2)COc2cc(-c4ccc5nc([C@@H]6C=C7C[C@H]7N6C(=O)CNC(=O)OC)[nH]c5c4)ccc2-3)[nH]1)C(=O)CNC=O. The van der Waals surface area contributed by atoms with E-state index >= 15 is 0 Å². The number of H-pyrrole nitrogens is 2. The van der Waals surface area contributed by atoms with E-state index in [9.17, 15) is 19.2 Å². The van der Waals surface area contributed by atoms with Gasteiger partial charge in [0, 0.05) is 12.1 Å². The maximum Gasteiger partial charge on any atom is 0.407 e. The van der Waals surface area contributed by atoms with Crippen LogP contribution in [0.2, 0.25) is 0 Å². The summed E-state index contributed by atoms with van der Waals surface area (Å²) in [6.07, 6.45) is 5.36. The fraction of sp³-hybridized carbons (Fsp3) is 0.282. The van der Waals surface area contributed by atoms with Gasteiger partial charge in [-0.05, 0) is 70.5 Å². The molecule has 2 aromatic heterocycles. The van der Waals surface area contributed by atoms with Crippen LogP contribution in [0.25, 0.3) is 44.5 Å². The fourth-order valence-corrected chi connectivity index (χ4v) is 7.21. The zero-order valence-electron chi connectivity index (χ0n) is 29.3. The van der Waals surface area contributed by atoms with Crippen LogP contribution in [0.15, 0.2) is 72.4 Å². The van der Waals surface area contributed by atoms with Crippen molar-refractivity contribution in [1.29, 1.82) is 0 Å². The van der Waals surface area contributed by atoms with Gasteiger partial charge in [-0.15, -0.1) is 0 Å². The highest BCUT2D eigenvalue weighted by Crippen LogP contribution is 2.48. The van der Waals surface area contributed by atoms with Crippen molar-refractivity contribution < 1.29 is 28.7 Å². The summed E-state index contributed by atoms with van der Waals surface area (Å²) < 4.78 is 10.9. The highest BCUT2D eigenvalue weighted by Gasteiger charge is 2.48. The Labute approximate surface area is 304 Å². The maximum atomic E-state index is 13.1. The van der Waals surface area contributed by atoms with Gasteiger partial charge in [0.05, 0.1) is 49.2 Å². The van der Waals surface area contributed by atoms with Crippen molar-refractivity contribution in [2.24, 2.45) is 0 Å². The third kappa shape index (κ3) is 6.59. The lowest BCUT2D eigenvalue weighted by Crippen LogP contribution is -2.41. The molecule has 2 atom stereocenters. The topological polar surface area (TPSA) is 175 Å². The molecule has 3 aliphatic rings. The molecule has 0 saturated heterocycles. The minimum absolute atomic E-state index is 0.0466. The van der Waals surface area contributed by atoms with E-state index in [4.69, 9.17) is 9.72 Å². The van der Waals surface area contributed by atoms with Gasteiger partial charge in [0.15, 0.2) is 0 Å². The average molecular weight is 715 g/mol. The fourth-order valence-electron chi connectivity index (χ4n) is 7.21. The Bertz CT molecular complexity index is 2290. The van der Waals surface area contributed by atoms with Gasteiger partial charge in [-0.1, -0.05) is 43.3 Å². The summed E-state index contributed by atoms with van der Waals surface area (Å²) in [7, 11) is 1.27. The van der Waals surface area contributed by atoms with Gasteiger partial charge in [-0.3, -0.25) is 14.4 Å². The molecule has 1 aliphatic carbocycles. The molecule has 1 saturated carbocycles. The average Bonchev–Trinajstić information content (AvgIpc) is 3.49. The molecule has 1 fully saturated rings. The minimum atomic E-state index is -0.644. The zero-order chi connectivity index (χ0) is 36.6. The summed E-state index contributed by atoms with van der Waals surface area (Å²) in [5, 5.41) is 4.93. The summed E-state index contributed by atoms with van der Waals surface area (Å²) in [6.45, 7) is 3.10. The molecular formula is C39H38N8O6. The molecule has 14 nitrogen and oxygen atoms in total. The van der Waals surface area contributed by atoms with Crippen molar-refractivity contribution in [3.05, 3.63) is 89.7 Å². The lowest BCUT2D eigenvalue weighted by molar-refractivity contribution is -0.132. The van der Waals surface area contributed by atoms with E-state index in [1.807, 2.05) is 19.1 Å². The first-order valence-corrected chi connectivity index (χ1v) is 17.6. The second kappa shape index (κ2) is 13.9. The molecule has 0 bridgehead atoms. The Balaban J connectivity index is 0.981. The number of ether oxygens (including phenoxy) is 2. The number of carbonyl (C=O) groups is 4. The summed E-state index contributed by atoms with van der Waals surface area (Å²) in [4.78, 5) is 67.4. The van der Waals surface area contributed by atoms with Crippen molar-refractivity contribution in [2.45, 2.75) is 45.0 Å². The van der Waals surface area contributed by atoms with Crippen LogP contribution in [0.5, 0.6) is 5.75 Å². The number of hydrogen-bond donors (Lipinski definition) is 4. The standard InChI is InChI=1S/C39H38N8O6/c1-3-10-46(36(49)17-40-21-48)19-35-41-16-31(43-35)24-5-7-27-26(11-24)20-53-34-15-23(4-8-28(27)34)22-6-9-29-30(12-22)45-38(44-29)33-14-25-13-32(25)47(33)37(50)18-42-39(51)52-2/h4-9,11-12,14-16,21,32-33H,3,10,13,17-20H2,1-2H3,(H,40,48)(H,41,43)(H,42,51)(H,44,45)/t32-,33+/m1/s1. The van der Waals surface area contributed by atoms with Crippen molar-refractivity contribution >= 4 is 35.4 Å². The van der Waals surface area contributed by atoms with Crippen molar-refractivity contribution in [3.8, 4) is 39.3 Å². The van der Waals surface area contributed by atoms with Gasteiger partial charge in [0.1, 0.15) is 36.6 Å². The Hall–Kier alpha value is -6.44. The third-order valence-electron chi connectivity index (χ3n) is 9.90. The number of imidazole rings is 2. The van der Waals surface area contributed by atoms with Gasteiger partial charge in [-0.2, -0.15) is 0 Å². The Morgan fingerprint density at radius 2 is 1.85 bits per heavy atom. The number of aromatic amines is 2. The number of hydrogen-bond acceptors (Lipinski definition) is 8. The Morgan fingerprint density at radius 1 is 1.04 bits per heavy atom. The number of alkyl carbamates (subject to hydrolysis) is 1. The monoisotopic (exact) mass is 714 g/mol. The Morgan fingerprint density at radius 3 is 2.68 bits per heavy atom. The third-order valence-corrected chi connectivity index (χ3v) is 9.90. The number of aromatic nitrogens is 4. The molecule has 4 N–H and O–H groups in total. The normalized spacial score (nSPS) is 16.5.